The fourth-order valence-corrected chi connectivity index (χ4v) is 1.92. The summed E-state index contributed by atoms with van der Waals surface area (Å²) in [6, 6.07) is 0. The lowest BCUT2D eigenvalue weighted by Crippen LogP contribution is -2.68. The second kappa shape index (κ2) is 5.59. The molecule has 1 aliphatic rings. The third kappa shape index (κ3) is 5.88. The first kappa shape index (κ1) is 12.6. The summed E-state index contributed by atoms with van der Waals surface area (Å²) in [4.78, 5) is 0. The van der Waals surface area contributed by atoms with Gasteiger partial charge in [0.1, 0.15) is 0 Å². The maximum atomic E-state index is 8.49. The van der Waals surface area contributed by atoms with E-state index in [1.807, 2.05) is 0 Å². The Hall–Kier alpha value is -0.440. The van der Waals surface area contributed by atoms with Crippen molar-refractivity contribution in [1.82, 2.24) is 0 Å². The van der Waals surface area contributed by atoms with Gasteiger partial charge in [0, 0.05) is 0 Å². The molecular weight excluding hydrogens is 244 g/mol. The fourth-order valence-electron chi connectivity index (χ4n) is 1.32. The Morgan fingerprint density at radius 3 is 2.07 bits per heavy atom. The summed E-state index contributed by atoms with van der Waals surface area (Å²) in [6.07, 6.45) is 4.82. The van der Waals surface area contributed by atoms with Crippen LogP contribution < -0.4 is 28.3 Å². The Morgan fingerprint density at radius 2 is 1.67 bits per heavy atom. The zero-order valence-electron chi connectivity index (χ0n) is 7.87. The molecule has 0 amide bonds. The lowest BCUT2D eigenvalue weighted by atomic mass is 10.4. The highest BCUT2D eigenvalue weighted by Gasteiger charge is 2.17. The van der Waals surface area contributed by atoms with Crippen LogP contribution >= 0.6 is 11.3 Å². The standard InChI is InChI=1S/C7H11N2S.ClHO4/c1-2-4-8(3-1)9-5-6-10-7-9;2-1(3,4)5/h5-7H,1-4H2;(H,2,3,4,5)/q+1;/p-1. The lowest BCUT2D eigenvalue weighted by molar-refractivity contribution is -2.00. The molecule has 1 fully saturated rings. The minimum Gasteiger partial charge on any atom is -0.222 e. The van der Waals surface area contributed by atoms with E-state index in [1.54, 1.807) is 11.3 Å². The van der Waals surface area contributed by atoms with E-state index in [2.05, 4.69) is 26.8 Å². The van der Waals surface area contributed by atoms with Crippen LogP contribution in [0.3, 0.4) is 0 Å². The van der Waals surface area contributed by atoms with Crippen molar-refractivity contribution in [3.8, 4) is 0 Å². The topological polar surface area (TPSA) is 99.4 Å². The van der Waals surface area contributed by atoms with Gasteiger partial charge in [-0.15, -0.1) is 10.2 Å². The van der Waals surface area contributed by atoms with Crippen molar-refractivity contribution in [2.45, 2.75) is 12.8 Å². The number of hydrogen-bond acceptors (Lipinski definition) is 6. The van der Waals surface area contributed by atoms with Crippen LogP contribution in [0.1, 0.15) is 12.8 Å². The number of nitrogens with zero attached hydrogens (tertiary/aromatic N) is 2. The normalized spacial score (nSPS) is 16.1. The van der Waals surface area contributed by atoms with Crippen LogP contribution in [0.4, 0.5) is 0 Å². The van der Waals surface area contributed by atoms with Crippen LogP contribution in [0.15, 0.2) is 17.1 Å². The summed E-state index contributed by atoms with van der Waals surface area (Å²) in [6.45, 7) is 2.45. The molecule has 1 aromatic rings. The van der Waals surface area contributed by atoms with E-state index < -0.39 is 10.2 Å². The Balaban J connectivity index is 0.000000195. The molecule has 0 saturated carbocycles. The molecule has 0 bridgehead atoms. The Kier molecular flexibility index (Phi) is 4.71. The molecule has 0 aromatic carbocycles. The molecule has 1 saturated heterocycles. The fraction of sp³-hybridized carbons (Fsp3) is 0.571. The van der Waals surface area contributed by atoms with Crippen molar-refractivity contribution in [1.29, 1.82) is 0 Å². The average molecular weight is 255 g/mol. The summed E-state index contributed by atoms with van der Waals surface area (Å²) in [5.41, 5.74) is 2.14. The minimum absolute atomic E-state index is 1.22. The number of halogens is 1. The van der Waals surface area contributed by atoms with Gasteiger partial charge < -0.3 is 0 Å². The van der Waals surface area contributed by atoms with Crippen molar-refractivity contribution >= 4 is 11.3 Å². The number of aromatic nitrogens is 1. The van der Waals surface area contributed by atoms with Gasteiger partial charge in [0.2, 0.25) is 6.20 Å². The molecule has 0 unspecified atom stereocenters. The van der Waals surface area contributed by atoms with Crippen molar-refractivity contribution in [2.24, 2.45) is 0 Å². The molecule has 0 N–H and O–H groups in total. The molecule has 6 nitrogen and oxygen atoms in total. The molecule has 2 rings (SSSR count). The highest BCUT2D eigenvalue weighted by atomic mass is 35.7. The quantitative estimate of drug-likeness (QED) is 0.476. The van der Waals surface area contributed by atoms with Gasteiger partial charge in [0.05, 0.1) is 18.5 Å². The summed E-state index contributed by atoms with van der Waals surface area (Å²) in [5.74, 6) is 0. The van der Waals surface area contributed by atoms with Gasteiger partial charge in [-0.1, -0.05) is 16.0 Å². The summed E-state index contributed by atoms with van der Waals surface area (Å²) in [5, 5.41) is 4.48. The van der Waals surface area contributed by atoms with E-state index in [-0.39, 0.29) is 0 Å². The molecule has 0 spiro atoms. The Bertz CT molecular complexity index is 265. The average Bonchev–Trinajstić information content (AvgIpc) is 2.73. The number of hydrogen-bond donors (Lipinski definition) is 0. The third-order valence-electron chi connectivity index (χ3n) is 1.87. The van der Waals surface area contributed by atoms with E-state index in [9.17, 15) is 0 Å². The minimum atomic E-state index is -4.94. The first-order valence-corrected chi connectivity index (χ1v) is 6.45. The Labute approximate surface area is 93.3 Å². The van der Waals surface area contributed by atoms with E-state index in [0.717, 1.165) is 0 Å². The maximum absolute atomic E-state index is 8.49. The largest absolute Gasteiger partial charge is 0.254 e. The summed E-state index contributed by atoms with van der Waals surface area (Å²) >= 11 is 1.75. The molecule has 1 aliphatic heterocycles. The van der Waals surface area contributed by atoms with Gasteiger partial charge in [-0.3, -0.25) is 0 Å². The molecule has 1 aromatic heterocycles. The van der Waals surface area contributed by atoms with Crippen LogP contribution in [0.5, 0.6) is 0 Å². The summed E-state index contributed by atoms with van der Waals surface area (Å²) in [7, 11) is -4.94. The van der Waals surface area contributed by atoms with Crippen molar-refractivity contribution in [2.75, 3.05) is 18.1 Å². The van der Waals surface area contributed by atoms with Crippen molar-refractivity contribution in [3.05, 3.63) is 17.1 Å². The molecule has 15 heavy (non-hydrogen) atoms. The van der Waals surface area contributed by atoms with Crippen LogP contribution in [0.2, 0.25) is 0 Å². The molecule has 86 valence electrons. The van der Waals surface area contributed by atoms with E-state index in [0.29, 0.717) is 0 Å². The number of rotatable bonds is 1. The highest BCUT2D eigenvalue weighted by Crippen LogP contribution is 2.01. The maximum Gasteiger partial charge on any atom is 0.254 e. The van der Waals surface area contributed by atoms with Gasteiger partial charge in [-0.2, -0.15) is 5.01 Å². The first-order chi connectivity index (χ1) is 6.97. The van der Waals surface area contributed by atoms with Gasteiger partial charge in [-0.25, -0.2) is 18.6 Å². The zero-order valence-corrected chi connectivity index (χ0v) is 9.45. The molecular formula is C7H11ClN2O4S. The highest BCUT2D eigenvalue weighted by molar-refractivity contribution is 7.07. The number of thiazole rings is 1. The van der Waals surface area contributed by atoms with E-state index in [4.69, 9.17) is 18.6 Å². The van der Waals surface area contributed by atoms with Gasteiger partial charge in [0.25, 0.3) is 5.51 Å². The van der Waals surface area contributed by atoms with Crippen LogP contribution in [-0.4, -0.2) is 13.1 Å². The molecule has 2 heterocycles. The van der Waals surface area contributed by atoms with Crippen molar-refractivity contribution in [3.63, 3.8) is 0 Å². The molecule has 0 aliphatic carbocycles. The third-order valence-corrected chi connectivity index (χ3v) is 2.49. The van der Waals surface area contributed by atoms with Crippen molar-refractivity contribution < 1.29 is 33.6 Å². The lowest BCUT2D eigenvalue weighted by Gasteiger charge is -2.17. The van der Waals surface area contributed by atoms with E-state index >= 15 is 0 Å². The summed E-state index contributed by atoms with van der Waals surface area (Å²) < 4.78 is 36.2. The molecule has 8 heteroatoms. The predicted molar refractivity (Wildman–Crippen MR) is 41.7 cm³/mol. The Morgan fingerprint density at radius 1 is 1.13 bits per heavy atom. The van der Waals surface area contributed by atoms with Gasteiger partial charge in [0.15, 0.2) is 0 Å². The van der Waals surface area contributed by atoms with Gasteiger partial charge in [-0.05, 0) is 12.8 Å². The molecule has 0 atom stereocenters. The van der Waals surface area contributed by atoms with E-state index in [1.165, 1.54) is 25.9 Å². The second-order valence-electron chi connectivity index (χ2n) is 2.95. The SMILES string of the molecule is [O-][Cl+3]([O-])([O-])[O-].c1c[n+](N2CCCC2)cs1. The molecule has 0 radical (unpaired) electrons. The predicted octanol–water partition coefficient (Wildman–Crippen LogP) is -3.99. The zero-order chi connectivity index (χ0) is 11.3. The van der Waals surface area contributed by atoms with Crippen LogP contribution in [-0.2, 0) is 0 Å². The first-order valence-electron chi connectivity index (χ1n) is 4.27. The van der Waals surface area contributed by atoms with Gasteiger partial charge >= 0.3 is 0 Å². The smallest absolute Gasteiger partial charge is 0.222 e. The van der Waals surface area contributed by atoms with Crippen LogP contribution in [0.25, 0.3) is 0 Å². The van der Waals surface area contributed by atoms with Crippen LogP contribution in [0, 0.1) is 10.2 Å². The monoisotopic (exact) mass is 254 g/mol. The second-order valence-corrected chi connectivity index (χ2v) is 4.46.